The van der Waals surface area contributed by atoms with E-state index < -0.39 is 5.97 Å². The number of carbonyl (C=O) groups is 1. The van der Waals surface area contributed by atoms with Gasteiger partial charge in [0.05, 0.1) is 6.42 Å². The maximum atomic E-state index is 11.0. The molecule has 0 atom stereocenters. The lowest BCUT2D eigenvalue weighted by molar-refractivity contribution is -0.139. The minimum atomic E-state index is -0.678. The molecule has 1 aromatic rings. The van der Waals surface area contributed by atoms with Crippen LogP contribution in [0.1, 0.15) is 44.1 Å². The quantitative estimate of drug-likeness (QED) is 0.840. The largest absolute Gasteiger partial charge is 0.508 e. The average molecular weight is 248 g/mol. The molecule has 0 aromatic heterocycles. The van der Waals surface area contributed by atoms with Crippen molar-refractivity contribution in [1.29, 1.82) is 0 Å². The molecule has 0 radical (unpaired) electrons. The van der Waals surface area contributed by atoms with Crippen LogP contribution in [0.15, 0.2) is 24.3 Å². The summed E-state index contributed by atoms with van der Waals surface area (Å²) in [6, 6.07) is 7.21. The molecule has 98 valence electrons. The molecule has 1 fully saturated rings. The van der Waals surface area contributed by atoms with Crippen LogP contribution in [0.4, 0.5) is 0 Å². The van der Waals surface area contributed by atoms with Gasteiger partial charge in [-0.3, -0.25) is 4.79 Å². The zero-order chi connectivity index (χ0) is 13.0. The van der Waals surface area contributed by atoms with Gasteiger partial charge in [-0.15, -0.1) is 0 Å². The van der Waals surface area contributed by atoms with E-state index in [-0.39, 0.29) is 11.2 Å². The van der Waals surface area contributed by atoms with Crippen molar-refractivity contribution in [3.63, 3.8) is 0 Å². The Labute approximate surface area is 107 Å². The molecule has 0 aliphatic heterocycles. The Hall–Kier alpha value is -1.51. The first-order chi connectivity index (χ1) is 8.60. The summed E-state index contributed by atoms with van der Waals surface area (Å²) in [5.74, 6) is -0.400. The van der Waals surface area contributed by atoms with Crippen LogP contribution in [0, 0.1) is 5.41 Å². The fourth-order valence-electron chi connectivity index (χ4n) is 3.03. The number of aromatic hydroxyl groups is 1. The number of hydrogen-bond donors (Lipinski definition) is 2. The molecule has 3 heteroatoms. The van der Waals surface area contributed by atoms with Crippen molar-refractivity contribution >= 4 is 5.97 Å². The molecule has 1 aliphatic rings. The third-order valence-electron chi connectivity index (χ3n) is 4.07. The van der Waals surface area contributed by atoms with Crippen molar-refractivity contribution in [3.8, 4) is 5.75 Å². The number of carboxylic acid groups (broad SMARTS) is 1. The van der Waals surface area contributed by atoms with Gasteiger partial charge in [0.15, 0.2) is 0 Å². The van der Waals surface area contributed by atoms with Crippen molar-refractivity contribution < 1.29 is 15.0 Å². The number of hydrogen-bond acceptors (Lipinski definition) is 2. The average Bonchev–Trinajstić information content (AvgIpc) is 2.76. The molecule has 0 amide bonds. The van der Waals surface area contributed by atoms with Gasteiger partial charge in [-0.05, 0) is 48.8 Å². The Kier molecular flexibility index (Phi) is 3.90. The normalized spacial score (nSPS) is 17.8. The molecule has 0 unspecified atom stereocenters. The van der Waals surface area contributed by atoms with E-state index in [2.05, 4.69) is 0 Å². The summed E-state index contributed by atoms with van der Waals surface area (Å²) in [5.41, 5.74) is 1.17. The number of rotatable bonds is 5. The zero-order valence-corrected chi connectivity index (χ0v) is 10.6. The summed E-state index contributed by atoms with van der Waals surface area (Å²) >= 11 is 0. The highest BCUT2D eigenvalue weighted by molar-refractivity contribution is 5.67. The van der Waals surface area contributed by atoms with Gasteiger partial charge < -0.3 is 10.2 Å². The fraction of sp³-hybridized carbons (Fsp3) is 0.533. The Morgan fingerprint density at radius 1 is 1.17 bits per heavy atom. The van der Waals surface area contributed by atoms with E-state index in [4.69, 9.17) is 5.11 Å². The Morgan fingerprint density at radius 2 is 1.78 bits per heavy atom. The minimum absolute atomic E-state index is 0.00369. The van der Waals surface area contributed by atoms with E-state index in [1.54, 1.807) is 12.1 Å². The highest BCUT2D eigenvalue weighted by Crippen LogP contribution is 2.44. The van der Waals surface area contributed by atoms with Gasteiger partial charge in [0.2, 0.25) is 0 Å². The molecular formula is C15H20O3. The van der Waals surface area contributed by atoms with E-state index in [0.717, 1.165) is 38.5 Å². The maximum Gasteiger partial charge on any atom is 0.303 e. The number of phenols is 1. The van der Waals surface area contributed by atoms with E-state index >= 15 is 0 Å². The van der Waals surface area contributed by atoms with Gasteiger partial charge >= 0.3 is 5.97 Å². The summed E-state index contributed by atoms with van der Waals surface area (Å²) in [5, 5.41) is 18.3. The van der Waals surface area contributed by atoms with Gasteiger partial charge in [0.25, 0.3) is 0 Å². The van der Waals surface area contributed by atoms with Crippen LogP contribution < -0.4 is 0 Å². The number of phenolic OH excluding ortho intramolecular Hbond substituents is 1. The summed E-state index contributed by atoms with van der Waals surface area (Å²) in [6.45, 7) is 0. The molecule has 0 saturated heterocycles. The number of aryl methyl sites for hydroxylation is 1. The second-order valence-corrected chi connectivity index (χ2v) is 5.44. The molecule has 1 aromatic carbocycles. The van der Waals surface area contributed by atoms with Crippen molar-refractivity contribution in [2.24, 2.45) is 5.41 Å². The lowest BCUT2D eigenvalue weighted by Gasteiger charge is -2.27. The van der Waals surface area contributed by atoms with Crippen LogP contribution in [0.25, 0.3) is 0 Å². The molecule has 2 rings (SSSR count). The summed E-state index contributed by atoms with van der Waals surface area (Å²) < 4.78 is 0. The highest BCUT2D eigenvalue weighted by Gasteiger charge is 2.35. The third-order valence-corrected chi connectivity index (χ3v) is 4.07. The van der Waals surface area contributed by atoms with Crippen LogP contribution in [0.3, 0.4) is 0 Å². The van der Waals surface area contributed by atoms with E-state index in [1.807, 2.05) is 12.1 Å². The van der Waals surface area contributed by atoms with Gasteiger partial charge in [-0.1, -0.05) is 25.0 Å². The molecule has 1 saturated carbocycles. The van der Waals surface area contributed by atoms with E-state index in [1.165, 1.54) is 5.56 Å². The summed E-state index contributed by atoms with van der Waals surface area (Å²) in [7, 11) is 0. The summed E-state index contributed by atoms with van der Waals surface area (Å²) in [4.78, 5) is 11.0. The molecule has 0 bridgehead atoms. The molecular weight excluding hydrogens is 228 g/mol. The van der Waals surface area contributed by atoms with Crippen molar-refractivity contribution in [2.75, 3.05) is 0 Å². The first-order valence-corrected chi connectivity index (χ1v) is 6.59. The van der Waals surface area contributed by atoms with Gasteiger partial charge in [-0.25, -0.2) is 0 Å². The molecule has 3 nitrogen and oxygen atoms in total. The van der Waals surface area contributed by atoms with Gasteiger partial charge in [0.1, 0.15) is 5.75 Å². The number of carboxylic acids is 1. The zero-order valence-electron chi connectivity index (χ0n) is 10.6. The van der Waals surface area contributed by atoms with Crippen molar-refractivity contribution in [2.45, 2.75) is 44.9 Å². The van der Waals surface area contributed by atoms with Gasteiger partial charge in [0, 0.05) is 0 Å². The Bertz CT molecular complexity index is 402. The van der Waals surface area contributed by atoms with Crippen LogP contribution in [0.5, 0.6) is 5.75 Å². The van der Waals surface area contributed by atoms with Crippen LogP contribution in [-0.2, 0) is 11.2 Å². The van der Waals surface area contributed by atoms with Gasteiger partial charge in [-0.2, -0.15) is 0 Å². The second-order valence-electron chi connectivity index (χ2n) is 5.44. The molecule has 18 heavy (non-hydrogen) atoms. The topological polar surface area (TPSA) is 57.5 Å². The van der Waals surface area contributed by atoms with Crippen LogP contribution in [-0.4, -0.2) is 16.2 Å². The maximum absolute atomic E-state index is 11.0. The Balaban J connectivity index is 1.97. The molecule has 2 N–H and O–H groups in total. The van der Waals surface area contributed by atoms with E-state index in [9.17, 15) is 9.90 Å². The lowest BCUT2D eigenvalue weighted by Crippen LogP contribution is -2.21. The lowest BCUT2D eigenvalue weighted by atomic mass is 9.77. The summed E-state index contributed by atoms with van der Waals surface area (Å²) in [6.07, 6.45) is 6.52. The first kappa shape index (κ1) is 12.9. The highest BCUT2D eigenvalue weighted by atomic mass is 16.4. The monoisotopic (exact) mass is 248 g/mol. The van der Waals surface area contributed by atoms with Crippen molar-refractivity contribution in [3.05, 3.63) is 29.8 Å². The SMILES string of the molecule is O=C(O)CC1(CCc2ccc(O)cc2)CCCC1. The Morgan fingerprint density at radius 3 is 2.33 bits per heavy atom. The predicted molar refractivity (Wildman–Crippen MR) is 69.6 cm³/mol. The second kappa shape index (κ2) is 5.42. The third kappa shape index (κ3) is 3.25. The smallest absolute Gasteiger partial charge is 0.303 e. The van der Waals surface area contributed by atoms with E-state index in [0.29, 0.717) is 6.42 Å². The molecule has 1 aliphatic carbocycles. The van der Waals surface area contributed by atoms with Crippen LogP contribution in [0.2, 0.25) is 0 Å². The molecule has 0 spiro atoms. The number of benzene rings is 1. The number of aliphatic carboxylic acids is 1. The molecule has 0 heterocycles. The standard InChI is InChI=1S/C15H20O3/c16-13-5-3-12(4-6-13)7-10-15(11-14(17)18)8-1-2-9-15/h3-6,16H,1-2,7-11H2,(H,17,18). The minimum Gasteiger partial charge on any atom is -0.508 e. The first-order valence-electron chi connectivity index (χ1n) is 6.59. The fourth-order valence-corrected chi connectivity index (χ4v) is 3.03. The predicted octanol–water partition coefficient (Wildman–Crippen LogP) is 3.36. The van der Waals surface area contributed by atoms with Crippen LogP contribution >= 0.6 is 0 Å². The van der Waals surface area contributed by atoms with Crippen molar-refractivity contribution in [1.82, 2.24) is 0 Å².